The normalized spacial score (nSPS) is 19.0. The maximum absolute atomic E-state index is 12.7. The number of ether oxygens (including phenoxy) is 1. The summed E-state index contributed by atoms with van der Waals surface area (Å²) in [7, 11) is 0. The van der Waals surface area contributed by atoms with E-state index in [1.54, 1.807) is 11.3 Å². The smallest absolute Gasteiger partial charge is 0.268 e. The van der Waals surface area contributed by atoms with E-state index in [2.05, 4.69) is 33.8 Å². The van der Waals surface area contributed by atoms with Crippen molar-refractivity contribution < 1.29 is 9.53 Å². The van der Waals surface area contributed by atoms with Crippen molar-refractivity contribution in [3.8, 4) is 0 Å². The second-order valence-corrected chi connectivity index (χ2v) is 8.19. The Hall–Kier alpha value is -1.37. The van der Waals surface area contributed by atoms with Crippen molar-refractivity contribution in [1.82, 2.24) is 14.8 Å². The lowest BCUT2D eigenvalue weighted by molar-refractivity contribution is 0.0383. The summed E-state index contributed by atoms with van der Waals surface area (Å²) < 4.78 is 8.82. The van der Waals surface area contributed by atoms with Gasteiger partial charge in [0.15, 0.2) is 0 Å². The lowest BCUT2D eigenvalue weighted by atomic mass is 10.3. The molecule has 1 aliphatic carbocycles. The molecule has 0 aromatic carbocycles. The third kappa shape index (κ3) is 3.50. The van der Waals surface area contributed by atoms with Crippen LogP contribution in [0.25, 0.3) is 10.2 Å². The largest absolute Gasteiger partial charge is 0.379 e. The second kappa shape index (κ2) is 6.86. The van der Waals surface area contributed by atoms with E-state index < -0.39 is 0 Å². The molecule has 3 heterocycles. The minimum absolute atomic E-state index is 0.0602. The Morgan fingerprint density at radius 3 is 2.88 bits per heavy atom. The Bertz CT molecular complexity index is 726. The van der Waals surface area contributed by atoms with Gasteiger partial charge < -0.3 is 14.6 Å². The van der Waals surface area contributed by atoms with Crippen molar-refractivity contribution in [3.63, 3.8) is 0 Å². The van der Waals surface area contributed by atoms with Crippen LogP contribution < -0.4 is 5.32 Å². The highest BCUT2D eigenvalue weighted by molar-refractivity contribution is 7.19. The van der Waals surface area contributed by atoms with Crippen LogP contribution in [0.4, 0.5) is 0 Å². The molecule has 1 N–H and O–H groups in total. The van der Waals surface area contributed by atoms with Gasteiger partial charge in [-0.2, -0.15) is 0 Å². The van der Waals surface area contributed by atoms with Crippen molar-refractivity contribution in [1.29, 1.82) is 0 Å². The molecule has 1 amide bonds. The molecule has 2 aliphatic rings. The van der Waals surface area contributed by atoms with Gasteiger partial charge in [0.2, 0.25) is 0 Å². The molecular weight excluding hydrogens is 322 g/mol. The van der Waals surface area contributed by atoms with Crippen molar-refractivity contribution in [2.45, 2.75) is 26.3 Å². The van der Waals surface area contributed by atoms with E-state index >= 15 is 0 Å². The number of thiophene rings is 1. The maximum atomic E-state index is 12.7. The van der Waals surface area contributed by atoms with E-state index in [9.17, 15) is 4.79 Å². The third-order valence-electron chi connectivity index (χ3n) is 4.90. The lowest BCUT2D eigenvalue weighted by Crippen LogP contribution is -2.41. The van der Waals surface area contributed by atoms with E-state index in [-0.39, 0.29) is 5.91 Å². The first-order valence-electron chi connectivity index (χ1n) is 8.88. The first-order chi connectivity index (χ1) is 11.7. The molecule has 2 aromatic rings. The van der Waals surface area contributed by atoms with Crippen molar-refractivity contribution in [2.75, 3.05) is 39.4 Å². The number of nitrogens with one attached hydrogen (secondary N) is 1. The van der Waals surface area contributed by atoms with Gasteiger partial charge in [-0.05, 0) is 37.8 Å². The van der Waals surface area contributed by atoms with E-state index in [4.69, 9.17) is 4.74 Å². The van der Waals surface area contributed by atoms with Gasteiger partial charge in [0, 0.05) is 37.6 Å². The summed E-state index contributed by atoms with van der Waals surface area (Å²) in [5, 5.41) is 3.11. The number of hydrogen-bond donors (Lipinski definition) is 1. The molecule has 6 heteroatoms. The van der Waals surface area contributed by atoms with Gasteiger partial charge in [-0.1, -0.05) is 0 Å². The van der Waals surface area contributed by atoms with Gasteiger partial charge in [0.05, 0.1) is 23.4 Å². The fourth-order valence-electron chi connectivity index (χ4n) is 3.35. The lowest BCUT2D eigenvalue weighted by Gasteiger charge is -2.26. The standard InChI is InChI=1S/C18H25N3O2S/c1-13-10-15-17(24-13)11-16(21(15)12-14-2-3-14)18(22)19-4-5-20-6-8-23-9-7-20/h10-11,14H,2-9,12H2,1H3,(H,19,22). The average Bonchev–Trinajstić information content (AvgIpc) is 3.24. The minimum atomic E-state index is 0.0602. The number of rotatable bonds is 6. The van der Waals surface area contributed by atoms with Crippen LogP contribution in [0.15, 0.2) is 12.1 Å². The summed E-state index contributed by atoms with van der Waals surface area (Å²) in [6, 6.07) is 4.28. The van der Waals surface area contributed by atoms with Crippen LogP contribution in [-0.2, 0) is 11.3 Å². The van der Waals surface area contributed by atoms with Gasteiger partial charge in [-0.15, -0.1) is 11.3 Å². The fourth-order valence-corrected chi connectivity index (χ4v) is 4.31. The van der Waals surface area contributed by atoms with Gasteiger partial charge in [-0.3, -0.25) is 9.69 Å². The SMILES string of the molecule is Cc1cc2c(cc(C(=O)NCCN3CCOCC3)n2CC2CC2)s1. The summed E-state index contributed by atoms with van der Waals surface area (Å²) >= 11 is 1.78. The van der Waals surface area contributed by atoms with Crippen LogP contribution >= 0.6 is 11.3 Å². The van der Waals surface area contributed by atoms with E-state index in [1.807, 2.05) is 0 Å². The van der Waals surface area contributed by atoms with Crippen LogP contribution in [0.3, 0.4) is 0 Å². The molecule has 1 aliphatic heterocycles. The minimum Gasteiger partial charge on any atom is -0.379 e. The maximum Gasteiger partial charge on any atom is 0.268 e. The highest BCUT2D eigenvalue weighted by Crippen LogP contribution is 2.35. The van der Waals surface area contributed by atoms with Crippen LogP contribution in [0, 0.1) is 12.8 Å². The Morgan fingerprint density at radius 1 is 1.33 bits per heavy atom. The molecule has 1 saturated heterocycles. The van der Waals surface area contributed by atoms with E-state index in [0.29, 0.717) is 6.54 Å². The van der Waals surface area contributed by atoms with Crippen LogP contribution in [0.5, 0.6) is 0 Å². The number of aryl methyl sites for hydroxylation is 1. The molecule has 1 saturated carbocycles. The predicted molar refractivity (Wildman–Crippen MR) is 96.9 cm³/mol. The number of amides is 1. The van der Waals surface area contributed by atoms with E-state index in [1.165, 1.54) is 27.9 Å². The topological polar surface area (TPSA) is 46.5 Å². The summed E-state index contributed by atoms with van der Waals surface area (Å²) in [6.45, 7) is 8.22. The van der Waals surface area contributed by atoms with Crippen LogP contribution in [0.1, 0.15) is 28.2 Å². The number of carbonyl (C=O) groups excluding carboxylic acids is 1. The molecule has 2 aromatic heterocycles. The van der Waals surface area contributed by atoms with Gasteiger partial charge in [0.25, 0.3) is 5.91 Å². The first-order valence-corrected chi connectivity index (χ1v) is 9.70. The van der Waals surface area contributed by atoms with Crippen molar-refractivity contribution in [2.24, 2.45) is 5.92 Å². The summed E-state index contributed by atoms with van der Waals surface area (Å²) in [6.07, 6.45) is 2.59. The van der Waals surface area contributed by atoms with Crippen LogP contribution in [-0.4, -0.2) is 54.8 Å². The molecule has 0 bridgehead atoms. The molecule has 5 nitrogen and oxygen atoms in total. The van der Waals surface area contributed by atoms with Gasteiger partial charge in [-0.25, -0.2) is 0 Å². The Morgan fingerprint density at radius 2 is 2.12 bits per heavy atom. The monoisotopic (exact) mass is 347 g/mol. The zero-order valence-corrected chi connectivity index (χ0v) is 15.0. The van der Waals surface area contributed by atoms with Crippen molar-refractivity contribution >= 4 is 27.5 Å². The molecule has 0 atom stereocenters. The van der Waals surface area contributed by atoms with Crippen molar-refractivity contribution in [3.05, 3.63) is 22.7 Å². The number of aromatic nitrogens is 1. The number of morpholine rings is 1. The highest BCUT2D eigenvalue weighted by atomic mass is 32.1. The molecule has 0 radical (unpaired) electrons. The first kappa shape index (κ1) is 16.1. The number of fused-ring (bicyclic) bond motifs is 1. The van der Waals surface area contributed by atoms with Crippen LogP contribution in [0.2, 0.25) is 0 Å². The molecule has 2 fully saturated rings. The summed E-state index contributed by atoms with van der Waals surface area (Å²) in [5.41, 5.74) is 2.05. The predicted octanol–water partition coefficient (Wildman–Crippen LogP) is 2.48. The molecule has 4 rings (SSSR count). The average molecular weight is 347 g/mol. The highest BCUT2D eigenvalue weighted by Gasteiger charge is 2.26. The molecule has 0 spiro atoms. The zero-order valence-electron chi connectivity index (χ0n) is 14.2. The Kier molecular flexibility index (Phi) is 4.61. The van der Waals surface area contributed by atoms with E-state index in [0.717, 1.165) is 51.0 Å². The number of nitrogens with zero attached hydrogens (tertiary/aromatic N) is 2. The summed E-state index contributed by atoms with van der Waals surface area (Å²) in [4.78, 5) is 16.3. The molecular formula is C18H25N3O2S. The molecule has 0 unspecified atom stereocenters. The van der Waals surface area contributed by atoms with Gasteiger partial charge >= 0.3 is 0 Å². The Labute approximate surface area is 146 Å². The number of hydrogen-bond acceptors (Lipinski definition) is 4. The number of carbonyl (C=O) groups is 1. The molecule has 130 valence electrons. The zero-order chi connectivity index (χ0) is 16.5. The second-order valence-electron chi connectivity index (χ2n) is 6.90. The van der Waals surface area contributed by atoms with Gasteiger partial charge in [0.1, 0.15) is 5.69 Å². The Balaban J connectivity index is 1.43. The quantitative estimate of drug-likeness (QED) is 0.873. The third-order valence-corrected chi connectivity index (χ3v) is 5.89. The molecule has 24 heavy (non-hydrogen) atoms. The summed E-state index contributed by atoms with van der Waals surface area (Å²) in [5.74, 6) is 0.811. The fraction of sp³-hybridized carbons (Fsp3) is 0.611.